The van der Waals surface area contributed by atoms with E-state index in [1.807, 2.05) is 35.2 Å². The average molecular weight is 332 g/mol. The highest BCUT2D eigenvalue weighted by Gasteiger charge is 2.44. The van der Waals surface area contributed by atoms with Crippen LogP contribution in [0.25, 0.3) is 0 Å². The van der Waals surface area contributed by atoms with Crippen LogP contribution >= 0.6 is 0 Å². The van der Waals surface area contributed by atoms with Crippen LogP contribution in [0.15, 0.2) is 30.3 Å². The van der Waals surface area contributed by atoms with Gasteiger partial charge in [0.25, 0.3) is 0 Å². The molecule has 1 aromatic rings. The van der Waals surface area contributed by atoms with E-state index in [4.69, 9.17) is 9.47 Å². The zero-order valence-corrected chi connectivity index (χ0v) is 13.8. The number of carbonyl (C=O) groups is 2. The summed E-state index contributed by atoms with van der Waals surface area (Å²) in [5.41, 5.74) is 0.617. The number of rotatable bonds is 6. The normalized spacial score (nSPS) is 23.2. The van der Waals surface area contributed by atoms with Crippen molar-refractivity contribution in [2.75, 3.05) is 26.2 Å². The summed E-state index contributed by atoms with van der Waals surface area (Å²) < 4.78 is 11.0. The molecule has 130 valence electrons. The Morgan fingerprint density at radius 1 is 1.33 bits per heavy atom. The zero-order valence-electron chi connectivity index (χ0n) is 13.8. The largest absolute Gasteiger partial charge is 0.439 e. The summed E-state index contributed by atoms with van der Waals surface area (Å²) in [5, 5.41) is 2.70. The molecule has 2 fully saturated rings. The summed E-state index contributed by atoms with van der Waals surface area (Å²) in [6.07, 6.45) is 2.47. The van der Waals surface area contributed by atoms with Gasteiger partial charge in [-0.3, -0.25) is 4.79 Å². The molecule has 2 saturated heterocycles. The number of likely N-dealkylation sites (tertiary alicyclic amines) is 1. The van der Waals surface area contributed by atoms with Crippen molar-refractivity contribution < 1.29 is 19.1 Å². The molecular weight excluding hydrogens is 308 g/mol. The predicted octanol–water partition coefficient (Wildman–Crippen LogP) is 2.08. The third-order valence-corrected chi connectivity index (χ3v) is 4.55. The molecular formula is C18H24N2O4. The highest BCUT2D eigenvalue weighted by Crippen LogP contribution is 2.28. The summed E-state index contributed by atoms with van der Waals surface area (Å²) in [7, 11) is 0. The van der Waals surface area contributed by atoms with Crippen molar-refractivity contribution in [3.8, 4) is 0 Å². The molecule has 0 radical (unpaired) electrons. The number of ether oxygens (including phenoxy) is 2. The van der Waals surface area contributed by atoms with Crippen molar-refractivity contribution in [1.82, 2.24) is 10.2 Å². The summed E-state index contributed by atoms with van der Waals surface area (Å²) in [6.45, 7) is 2.87. The predicted molar refractivity (Wildman–Crippen MR) is 88.4 cm³/mol. The van der Waals surface area contributed by atoms with Crippen LogP contribution in [0.4, 0.5) is 4.79 Å². The van der Waals surface area contributed by atoms with Crippen molar-refractivity contribution in [2.24, 2.45) is 0 Å². The Kier molecular flexibility index (Phi) is 5.35. The molecule has 2 aliphatic heterocycles. The Bertz CT molecular complexity index is 578. The number of piperidine rings is 1. The summed E-state index contributed by atoms with van der Waals surface area (Å²) >= 11 is 0. The zero-order chi connectivity index (χ0) is 16.8. The molecule has 1 atom stereocenters. The molecule has 6 nitrogen and oxygen atoms in total. The molecule has 1 spiro atoms. The first kappa shape index (κ1) is 16.8. The minimum absolute atomic E-state index is 0.111. The molecule has 1 N–H and O–H groups in total. The highest BCUT2D eigenvalue weighted by molar-refractivity contribution is 5.77. The van der Waals surface area contributed by atoms with Gasteiger partial charge in [0, 0.05) is 19.6 Å². The Morgan fingerprint density at radius 3 is 2.92 bits per heavy atom. The van der Waals surface area contributed by atoms with E-state index in [0.717, 1.165) is 24.9 Å². The summed E-state index contributed by atoms with van der Waals surface area (Å²) in [4.78, 5) is 25.5. The molecule has 0 aromatic heterocycles. The van der Waals surface area contributed by atoms with Crippen LogP contribution in [-0.4, -0.2) is 48.7 Å². The molecule has 2 aliphatic rings. The van der Waals surface area contributed by atoms with Gasteiger partial charge in [-0.25, -0.2) is 4.79 Å². The third kappa shape index (κ3) is 4.26. The van der Waals surface area contributed by atoms with E-state index in [1.165, 1.54) is 0 Å². The van der Waals surface area contributed by atoms with E-state index in [9.17, 15) is 9.59 Å². The Morgan fingerprint density at radius 2 is 2.17 bits per heavy atom. The van der Waals surface area contributed by atoms with Gasteiger partial charge in [-0.2, -0.15) is 0 Å². The number of hydrogen-bond acceptors (Lipinski definition) is 4. The fraction of sp³-hybridized carbons (Fsp3) is 0.556. The van der Waals surface area contributed by atoms with Gasteiger partial charge in [0.05, 0.1) is 19.7 Å². The molecule has 1 aromatic carbocycles. The Hall–Kier alpha value is -2.08. The Balaban J connectivity index is 1.36. The van der Waals surface area contributed by atoms with Gasteiger partial charge in [0.1, 0.15) is 5.60 Å². The minimum atomic E-state index is -0.519. The first-order valence-corrected chi connectivity index (χ1v) is 8.53. The van der Waals surface area contributed by atoms with E-state index in [1.54, 1.807) is 0 Å². The van der Waals surface area contributed by atoms with Crippen LogP contribution in [0.1, 0.15) is 31.2 Å². The molecule has 0 aliphatic carbocycles. The second-order valence-corrected chi connectivity index (χ2v) is 6.49. The molecule has 3 rings (SSSR count). The van der Waals surface area contributed by atoms with Crippen molar-refractivity contribution >= 4 is 12.0 Å². The quantitative estimate of drug-likeness (QED) is 0.810. The molecule has 2 heterocycles. The lowest BCUT2D eigenvalue weighted by Gasteiger charge is -2.38. The molecule has 2 amide bonds. The molecule has 24 heavy (non-hydrogen) atoms. The van der Waals surface area contributed by atoms with E-state index in [2.05, 4.69) is 5.32 Å². The van der Waals surface area contributed by atoms with Crippen molar-refractivity contribution in [1.29, 1.82) is 0 Å². The van der Waals surface area contributed by atoms with Gasteiger partial charge in [-0.05, 0) is 24.8 Å². The topological polar surface area (TPSA) is 67.9 Å². The third-order valence-electron chi connectivity index (χ3n) is 4.55. The summed E-state index contributed by atoms with van der Waals surface area (Å²) in [6, 6.07) is 9.99. The second kappa shape index (κ2) is 7.66. The van der Waals surface area contributed by atoms with Crippen LogP contribution < -0.4 is 5.32 Å². The number of nitrogens with one attached hydrogen (secondary N) is 1. The number of amides is 2. The Labute approximate surface area is 142 Å². The van der Waals surface area contributed by atoms with Crippen LogP contribution in [0.2, 0.25) is 0 Å². The van der Waals surface area contributed by atoms with Crippen LogP contribution in [0, 0.1) is 0 Å². The maximum atomic E-state index is 12.4. The minimum Gasteiger partial charge on any atom is -0.439 e. The van der Waals surface area contributed by atoms with Crippen molar-refractivity contribution in [2.45, 2.75) is 37.9 Å². The lowest BCUT2D eigenvalue weighted by molar-refractivity contribution is -0.137. The second-order valence-electron chi connectivity index (χ2n) is 6.49. The van der Waals surface area contributed by atoms with Crippen LogP contribution in [-0.2, 0) is 20.9 Å². The van der Waals surface area contributed by atoms with Crippen molar-refractivity contribution in [3.05, 3.63) is 35.9 Å². The highest BCUT2D eigenvalue weighted by atomic mass is 16.6. The van der Waals surface area contributed by atoms with Gasteiger partial charge in [0.15, 0.2) is 0 Å². The van der Waals surface area contributed by atoms with Gasteiger partial charge < -0.3 is 19.7 Å². The fourth-order valence-electron chi connectivity index (χ4n) is 3.29. The number of carbonyl (C=O) groups excluding carboxylic acids is 2. The van der Waals surface area contributed by atoms with Crippen LogP contribution in [0.5, 0.6) is 0 Å². The SMILES string of the molecule is O=C1NC[C@@]2(CCCN(C(=O)CCCOCc3ccccc3)C2)O1. The van der Waals surface area contributed by atoms with Crippen LogP contribution in [0.3, 0.4) is 0 Å². The average Bonchev–Trinajstić information content (AvgIpc) is 2.95. The summed E-state index contributed by atoms with van der Waals surface area (Å²) in [5.74, 6) is 0.111. The number of alkyl carbamates (subject to hydrolysis) is 1. The van der Waals surface area contributed by atoms with Crippen molar-refractivity contribution in [3.63, 3.8) is 0 Å². The van der Waals surface area contributed by atoms with Gasteiger partial charge in [-0.15, -0.1) is 0 Å². The maximum absolute atomic E-state index is 12.4. The van der Waals surface area contributed by atoms with E-state index in [-0.39, 0.29) is 12.0 Å². The molecule has 0 saturated carbocycles. The number of hydrogen-bond donors (Lipinski definition) is 1. The van der Waals surface area contributed by atoms with E-state index in [0.29, 0.717) is 39.1 Å². The first-order chi connectivity index (χ1) is 11.7. The van der Waals surface area contributed by atoms with E-state index < -0.39 is 5.60 Å². The fourth-order valence-corrected chi connectivity index (χ4v) is 3.29. The number of benzene rings is 1. The lowest BCUT2D eigenvalue weighted by Crippen LogP contribution is -2.52. The van der Waals surface area contributed by atoms with Gasteiger partial charge in [0.2, 0.25) is 5.91 Å². The molecule has 6 heteroatoms. The number of nitrogens with zero attached hydrogens (tertiary/aromatic N) is 1. The maximum Gasteiger partial charge on any atom is 0.407 e. The molecule has 0 unspecified atom stereocenters. The smallest absolute Gasteiger partial charge is 0.407 e. The monoisotopic (exact) mass is 332 g/mol. The first-order valence-electron chi connectivity index (χ1n) is 8.53. The van der Waals surface area contributed by atoms with Gasteiger partial charge in [-0.1, -0.05) is 30.3 Å². The standard InChI is InChI=1S/C18H24N2O4/c21-16(8-4-11-23-12-15-6-2-1-3-7-15)20-10-5-9-18(14-20)13-19-17(22)24-18/h1-3,6-7H,4-5,8-14H2,(H,19,22)/t18-/m1/s1. The van der Waals surface area contributed by atoms with Gasteiger partial charge >= 0.3 is 6.09 Å². The van der Waals surface area contributed by atoms with E-state index >= 15 is 0 Å². The molecule has 0 bridgehead atoms. The lowest BCUT2D eigenvalue weighted by atomic mass is 9.93.